The van der Waals surface area contributed by atoms with E-state index in [0.717, 1.165) is 23.0 Å². The number of hydrogen-bond acceptors (Lipinski definition) is 1. The van der Waals surface area contributed by atoms with Crippen molar-refractivity contribution in [1.82, 2.24) is 5.32 Å². The van der Waals surface area contributed by atoms with E-state index in [1.165, 1.54) is 25.7 Å². The summed E-state index contributed by atoms with van der Waals surface area (Å²) in [5.41, 5.74) is 1.13. The highest BCUT2D eigenvalue weighted by molar-refractivity contribution is 6.35. The summed E-state index contributed by atoms with van der Waals surface area (Å²) in [4.78, 5) is 0. The van der Waals surface area contributed by atoms with Crippen molar-refractivity contribution in [3.8, 4) is 0 Å². The molecule has 1 N–H and O–H groups in total. The lowest BCUT2D eigenvalue weighted by molar-refractivity contribution is 0.300. The van der Waals surface area contributed by atoms with Crippen LogP contribution in [0.4, 0.5) is 0 Å². The first kappa shape index (κ1) is 13.2. The molecular weight excluding hydrogens is 253 g/mol. The van der Waals surface area contributed by atoms with Crippen molar-refractivity contribution in [1.29, 1.82) is 0 Å². The van der Waals surface area contributed by atoms with Gasteiger partial charge in [-0.2, -0.15) is 0 Å². The Morgan fingerprint density at radius 3 is 2.82 bits per heavy atom. The lowest BCUT2D eigenvalue weighted by atomic mass is 9.87. The predicted octanol–water partition coefficient (Wildman–Crippen LogP) is 4.66. The Bertz CT molecular complexity index is 378. The Labute approximate surface area is 114 Å². The SMILES string of the molecule is CC1CCCC(NCc2ccc(Cl)cc2Cl)C1. The van der Waals surface area contributed by atoms with Crippen LogP contribution in [-0.2, 0) is 6.54 Å². The molecule has 2 rings (SSSR count). The fourth-order valence-corrected chi connectivity index (χ4v) is 3.01. The van der Waals surface area contributed by atoms with Crippen LogP contribution in [0.1, 0.15) is 38.2 Å². The van der Waals surface area contributed by atoms with Gasteiger partial charge in [0.1, 0.15) is 0 Å². The predicted molar refractivity (Wildman–Crippen MR) is 74.7 cm³/mol. The standard InChI is InChI=1S/C14H19Cl2N/c1-10-3-2-4-13(7-10)17-9-11-5-6-12(15)8-14(11)16/h5-6,8,10,13,17H,2-4,7,9H2,1H3. The molecule has 1 aromatic carbocycles. The third-order valence-corrected chi connectivity index (χ3v) is 4.12. The van der Waals surface area contributed by atoms with E-state index < -0.39 is 0 Å². The fraction of sp³-hybridized carbons (Fsp3) is 0.571. The van der Waals surface area contributed by atoms with Crippen molar-refractivity contribution in [2.75, 3.05) is 0 Å². The molecule has 1 saturated carbocycles. The van der Waals surface area contributed by atoms with Gasteiger partial charge >= 0.3 is 0 Å². The van der Waals surface area contributed by atoms with E-state index in [0.29, 0.717) is 11.1 Å². The molecule has 0 aliphatic heterocycles. The third-order valence-electron chi connectivity index (χ3n) is 3.53. The molecule has 2 unspecified atom stereocenters. The van der Waals surface area contributed by atoms with Crippen LogP contribution in [0.5, 0.6) is 0 Å². The minimum Gasteiger partial charge on any atom is -0.310 e. The number of hydrogen-bond donors (Lipinski definition) is 1. The highest BCUT2D eigenvalue weighted by Crippen LogP contribution is 2.25. The monoisotopic (exact) mass is 271 g/mol. The van der Waals surface area contributed by atoms with Gasteiger partial charge in [0.25, 0.3) is 0 Å². The number of nitrogens with one attached hydrogen (secondary N) is 1. The average Bonchev–Trinajstić information content (AvgIpc) is 2.28. The molecule has 3 heteroatoms. The molecule has 0 bridgehead atoms. The van der Waals surface area contributed by atoms with Crippen molar-refractivity contribution >= 4 is 23.2 Å². The second-order valence-electron chi connectivity index (χ2n) is 5.09. The van der Waals surface area contributed by atoms with Crippen LogP contribution in [-0.4, -0.2) is 6.04 Å². The molecular formula is C14H19Cl2N. The zero-order valence-electron chi connectivity index (χ0n) is 10.2. The van der Waals surface area contributed by atoms with Crippen LogP contribution < -0.4 is 5.32 Å². The number of rotatable bonds is 3. The number of benzene rings is 1. The first-order valence-corrected chi connectivity index (χ1v) is 7.08. The molecule has 1 fully saturated rings. The minimum atomic E-state index is 0.644. The molecule has 0 saturated heterocycles. The summed E-state index contributed by atoms with van der Waals surface area (Å²) in [5.74, 6) is 0.849. The zero-order chi connectivity index (χ0) is 12.3. The van der Waals surface area contributed by atoms with Crippen LogP contribution in [0.15, 0.2) is 18.2 Å². The molecule has 0 radical (unpaired) electrons. The molecule has 0 amide bonds. The maximum Gasteiger partial charge on any atom is 0.0465 e. The zero-order valence-corrected chi connectivity index (χ0v) is 11.7. The highest BCUT2D eigenvalue weighted by atomic mass is 35.5. The smallest absolute Gasteiger partial charge is 0.0465 e. The van der Waals surface area contributed by atoms with Gasteiger partial charge in [0, 0.05) is 22.6 Å². The largest absolute Gasteiger partial charge is 0.310 e. The minimum absolute atomic E-state index is 0.644. The van der Waals surface area contributed by atoms with Gasteiger partial charge in [-0.1, -0.05) is 49.0 Å². The molecule has 1 aliphatic carbocycles. The molecule has 0 spiro atoms. The maximum atomic E-state index is 6.15. The second-order valence-corrected chi connectivity index (χ2v) is 5.93. The van der Waals surface area contributed by atoms with Crippen LogP contribution in [0, 0.1) is 5.92 Å². The first-order chi connectivity index (χ1) is 8.15. The van der Waals surface area contributed by atoms with Gasteiger partial charge in [-0.15, -0.1) is 0 Å². The van der Waals surface area contributed by atoms with Crippen molar-refractivity contribution in [2.24, 2.45) is 5.92 Å². The van der Waals surface area contributed by atoms with Crippen molar-refractivity contribution in [2.45, 2.75) is 45.2 Å². The molecule has 94 valence electrons. The van der Waals surface area contributed by atoms with Crippen LogP contribution >= 0.6 is 23.2 Å². The molecule has 17 heavy (non-hydrogen) atoms. The van der Waals surface area contributed by atoms with Gasteiger partial charge in [0.05, 0.1) is 0 Å². The van der Waals surface area contributed by atoms with E-state index in [1.54, 1.807) is 0 Å². The Hall–Kier alpha value is -0.240. The lowest BCUT2D eigenvalue weighted by Gasteiger charge is -2.27. The van der Waals surface area contributed by atoms with Gasteiger partial charge in [-0.3, -0.25) is 0 Å². The van der Waals surface area contributed by atoms with E-state index in [2.05, 4.69) is 12.2 Å². The normalized spacial score (nSPS) is 24.9. The van der Waals surface area contributed by atoms with Gasteiger partial charge in [-0.25, -0.2) is 0 Å². The third kappa shape index (κ3) is 3.87. The molecule has 2 atom stereocenters. The summed E-state index contributed by atoms with van der Waals surface area (Å²) in [7, 11) is 0. The Morgan fingerprint density at radius 1 is 1.29 bits per heavy atom. The number of halogens is 2. The quantitative estimate of drug-likeness (QED) is 0.843. The van der Waals surface area contributed by atoms with E-state index in [1.807, 2.05) is 18.2 Å². The Balaban J connectivity index is 1.88. The van der Waals surface area contributed by atoms with Gasteiger partial charge in [0.2, 0.25) is 0 Å². The van der Waals surface area contributed by atoms with Crippen LogP contribution in [0.3, 0.4) is 0 Å². The maximum absolute atomic E-state index is 6.15. The van der Waals surface area contributed by atoms with Crippen molar-refractivity contribution < 1.29 is 0 Å². The Morgan fingerprint density at radius 2 is 2.12 bits per heavy atom. The molecule has 0 aromatic heterocycles. The van der Waals surface area contributed by atoms with Crippen LogP contribution in [0.2, 0.25) is 10.0 Å². The first-order valence-electron chi connectivity index (χ1n) is 6.32. The van der Waals surface area contributed by atoms with E-state index in [4.69, 9.17) is 23.2 Å². The van der Waals surface area contributed by atoms with Crippen molar-refractivity contribution in [3.05, 3.63) is 33.8 Å². The second kappa shape index (κ2) is 6.08. The molecule has 1 aromatic rings. The fourth-order valence-electron chi connectivity index (χ4n) is 2.54. The summed E-state index contributed by atoms with van der Waals surface area (Å²) in [6, 6.07) is 6.35. The average molecular weight is 272 g/mol. The van der Waals surface area contributed by atoms with Gasteiger partial charge in [-0.05, 0) is 36.5 Å². The summed E-state index contributed by atoms with van der Waals surface area (Å²) >= 11 is 12.0. The summed E-state index contributed by atoms with van der Waals surface area (Å²) in [6.45, 7) is 3.18. The van der Waals surface area contributed by atoms with Crippen LogP contribution in [0.25, 0.3) is 0 Å². The molecule has 1 aliphatic rings. The van der Waals surface area contributed by atoms with E-state index in [-0.39, 0.29) is 0 Å². The van der Waals surface area contributed by atoms with E-state index >= 15 is 0 Å². The topological polar surface area (TPSA) is 12.0 Å². The van der Waals surface area contributed by atoms with Gasteiger partial charge in [0.15, 0.2) is 0 Å². The molecule has 1 nitrogen and oxygen atoms in total. The Kier molecular flexibility index (Phi) is 4.72. The highest BCUT2D eigenvalue weighted by Gasteiger charge is 2.18. The summed E-state index contributed by atoms with van der Waals surface area (Å²) < 4.78 is 0. The molecule has 0 heterocycles. The van der Waals surface area contributed by atoms with Crippen molar-refractivity contribution in [3.63, 3.8) is 0 Å². The summed E-state index contributed by atoms with van der Waals surface area (Å²) in [6.07, 6.45) is 5.29. The summed E-state index contributed by atoms with van der Waals surface area (Å²) in [5, 5.41) is 5.06. The van der Waals surface area contributed by atoms with Gasteiger partial charge < -0.3 is 5.32 Å². The lowest BCUT2D eigenvalue weighted by Crippen LogP contribution is -2.33. The van der Waals surface area contributed by atoms with E-state index in [9.17, 15) is 0 Å².